The standard InChI is InChI=1S/C10H12N4O/c15-10-8-9(12-5-11-8)13-6-14(10)7-3-1-2-4-7/h5-7H,1-4H2,(H,11,12). The molecule has 3 rings (SSSR count). The van der Waals surface area contributed by atoms with E-state index < -0.39 is 0 Å². The molecule has 0 bridgehead atoms. The van der Waals surface area contributed by atoms with Crippen LogP contribution in [0, 0.1) is 0 Å². The van der Waals surface area contributed by atoms with E-state index in [-0.39, 0.29) is 5.56 Å². The minimum Gasteiger partial charge on any atom is -0.339 e. The molecule has 0 amide bonds. The summed E-state index contributed by atoms with van der Waals surface area (Å²) in [6, 6.07) is 0.331. The van der Waals surface area contributed by atoms with Gasteiger partial charge in [0.05, 0.1) is 6.33 Å². The molecule has 2 heterocycles. The number of nitrogens with one attached hydrogen (secondary N) is 1. The molecule has 0 saturated heterocycles. The predicted octanol–water partition coefficient (Wildman–Crippen LogP) is 1.23. The van der Waals surface area contributed by atoms with Crippen molar-refractivity contribution >= 4 is 11.2 Å². The van der Waals surface area contributed by atoms with Gasteiger partial charge in [0.1, 0.15) is 6.33 Å². The van der Waals surface area contributed by atoms with Crippen LogP contribution in [0.5, 0.6) is 0 Å². The van der Waals surface area contributed by atoms with Gasteiger partial charge in [0.2, 0.25) is 0 Å². The topological polar surface area (TPSA) is 63.6 Å². The van der Waals surface area contributed by atoms with Crippen LogP contribution in [0.2, 0.25) is 0 Å². The fraction of sp³-hybridized carbons (Fsp3) is 0.500. The fourth-order valence-electron chi connectivity index (χ4n) is 2.28. The second-order valence-corrected chi connectivity index (χ2v) is 4.00. The van der Waals surface area contributed by atoms with E-state index >= 15 is 0 Å². The van der Waals surface area contributed by atoms with E-state index in [0.29, 0.717) is 17.2 Å². The van der Waals surface area contributed by atoms with E-state index in [2.05, 4.69) is 15.0 Å². The summed E-state index contributed by atoms with van der Waals surface area (Å²) in [5, 5.41) is 0. The monoisotopic (exact) mass is 204 g/mol. The molecule has 78 valence electrons. The highest BCUT2D eigenvalue weighted by molar-refractivity contribution is 5.67. The van der Waals surface area contributed by atoms with Crippen molar-refractivity contribution in [3.05, 3.63) is 23.0 Å². The highest BCUT2D eigenvalue weighted by atomic mass is 16.1. The Kier molecular flexibility index (Phi) is 1.83. The van der Waals surface area contributed by atoms with Crippen LogP contribution in [0.1, 0.15) is 31.7 Å². The molecule has 2 aromatic heterocycles. The lowest BCUT2D eigenvalue weighted by atomic mass is 10.2. The SMILES string of the molecule is O=c1c2[nH]cnc2ncn1C1CCCC1. The van der Waals surface area contributed by atoms with E-state index in [1.807, 2.05) is 0 Å². The number of fused-ring (bicyclic) bond motifs is 1. The van der Waals surface area contributed by atoms with Crippen molar-refractivity contribution in [1.29, 1.82) is 0 Å². The van der Waals surface area contributed by atoms with E-state index in [9.17, 15) is 4.79 Å². The molecule has 0 spiro atoms. The number of hydrogen-bond donors (Lipinski definition) is 1. The van der Waals surface area contributed by atoms with Gasteiger partial charge in [-0.05, 0) is 12.8 Å². The normalized spacial score (nSPS) is 17.6. The molecule has 0 aliphatic heterocycles. The summed E-state index contributed by atoms with van der Waals surface area (Å²) in [5.41, 5.74) is 1.03. The van der Waals surface area contributed by atoms with Crippen LogP contribution < -0.4 is 5.56 Å². The van der Waals surface area contributed by atoms with Gasteiger partial charge in [-0.2, -0.15) is 0 Å². The first-order valence-corrected chi connectivity index (χ1v) is 5.26. The Labute approximate surface area is 86.2 Å². The number of nitrogens with zero attached hydrogens (tertiary/aromatic N) is 3. The molecule has 1 aliphatic rings. The molecule has 0 atom stereocenters. The molecule has 5 heteroatoms. The minimum atomic E-state index is 0.00407. The summed E-state index contributed by atoms with van der Waals surface area (Å²) in [7, 11) is 0. The second kappa shape index (κ2) is 3.18. The number of hydrogen-bond acceptors (Lipinski definition) is 3. The zero-order valence-corrected chi connectivity index (χ0v) is 8.31. The molecular weight excluding hydrogens is 192 g/mol. The smallest absolute Gasteiger partial charge is 0.279 e. The highest BCUT2D eigenvalue weighted by Crippen LogP contribution is 2.27. The Morgan fingerprint density at radius 1 is 1.33 bits per heavy atom. The van der Waals surface area contributed by atoms with Gasteiger partial charge in [-0.15, -0.1) is 0 Å². The van der Waals surface area contributed by atoms with Crippen molar-refractivity contribution in [2.45, 2.75) is 31.7 Å². The number of aromatic nitrogens is 4. The first kappa shape index (κ1) is 8.64. The van der Waals surface area contributed by atoms with Crippen LogP contribution in [-0.4, -0.2) is 19.5 Å². The Morgan fingerprint density at radius 2 is 2.13 bits per heavy atom. The molecule has 1 fully saturated rings. The summed E-state index contributed by atoms with van der Waals surface area (Å²) in [5.74, 6) is 0. The Bertz CT molecular complexity index is 536. The van der Waals surface area contributed by atoms with Crippen LogP contribution in [0.3, 0.4) is 0 Å². The van der Waals surface area contributed by atoms with Gasteiger partial charge >= 0.3 is 0 Å². The summed E-state index contributed by atoms with van der Waals surface area (Å²) < 4.78 is 1.74. The Hall–Kier alpha value is -1.65. The van der Waals surface area contributed by atoms with Gasteiger partial charge in [0.15, 0.2) is 11.2 Å². The molecule has 1 aliphatic carbocycles. The van der Waals surface area contributed by atoms with Gasteiger partial charge in [0, 0.05) is 6.04 Å². The van der Waals surface area contributed by atoms with Crippen LogP contribution in [-0.2, 0) is 0 Å². The van der Waals surface area contributed by atoms with Crippen molar-refractivity contribution < 1.29 is 0 Å². The first-order chi connectivity index (χ1) is 7.36. The van der Waals surface area contributed by atoms with Gasteiger partial charge in [0.25, 0.3) is 5.56 Å². The summed E-state index contributed by atoms with van der Waals surface area (Å²) in [4.78, 5) is 23.0. The summed E-state index contributed by atoms with van der Waals surface area (Å²) in [6.07, 6.45) is 7.72. The third-order valence-corrected chi connectivity index (χ3v) is 3.09. The molecule has 5 nitrogen and oxygen atoms in total. The minimum absolute atomic E-state index is 0.00407. The molecule has 0 unspecified atom stereocenters. The van der Waals surface area contributed by atoms with Crippen molar-refractivity contribution in [3.63, 3.8) is 0 Å². The summed E-state index contributed by atoms with van der Waals surface area (Å²) >= 11 is 0. The highest BCUT2D eigenvalue weighted by Gasteiger charge is 2.19. The van der Waals surface area contributed by atoms with E-state index in [1.165, 1.54) is 19.2 Å². The lowest BCUT2D eigenvalue weighted by molar-refractivity contribution is 0.498. The van der Waals surface area contributed by atoms with Gasteiger partial charge in [-0.25, -0.2) is 9.97 Å². The van der Waals surface area contributed by atoms with Crippen LogP contribution >= 0.6 is 0 Å². The molecule has 0 aromatic carbocycles. The van der Waals surface area contributed by atoms with Gasteiger partial charge in [-0.1, -0.05) is 12.8 Å². The van der Waals surface area contributed by atoms with Crippen molar-refractivity contribution in [2.75, 3.05) is 0 Å². The van der Waals surface area contributed by atoms with Crippen LogP contribution in [0.25, 0.3) is 11.2 Å². The molecule has 2 aromatic rings. The Morgan fingerprint density at radius 3 is 2.93 bits per heavy atom. The van der Waals surface area contributed by atoms with E-state index in [4.69, 9.17) is 0 Å². The predicted molar refractivity (Wildman–Crippen MR) is 55.7 cm³/mol. The average Bonchev–Trinajstić information content (AvgIpc) is 2.87. The molecule has 15 heavy (non-hydrogen) atoms. The first-order valence-electron chi connectivity index (χ1n) is 5.26. The number of H-pyrrole nitrogens is 1. The lowest BCUT2D eigenvalue weighted by Gasteiger charge is -2.11. The van der Waals surface area contributed by atoms with Gasteiger partial charge < -0.3 is 4.98 Å². The number of rotatable bonds is 1. The quantitative estimate of drug-likeness (QED) is 0.760. The zero-order chi connectivity index (χ0) is 10.3. The molecular formula is C10H12N4O. The maximum Gasteiger partial charge on any atom is 0.279 e. The van der Waals surface area contributed by atoms with Crippen molar-refractivity contribution in [1.82, 2.24) is 19.5 Å². The van der Waals surface area contributed by atoms with E-state index in [1.54, 1.807) is 10.9 Å². The summed E-state index contributed by atoms with van der Waals surface area (Å²) in [6.45, 7) is 0. The maximum absolute atomic E-state index is 12.0. The fourth-order valence-corrected chi connectivity index (χ4v) is 2.28. The maximum atomic E-state index is 12.0. The molecule has 1 N–H and O–H groups in total. The third-order valence-electron chi connectivity index (χ3n) is 3.09. The average molecular weight is 204 g/mol. The molecule has 1 saturated carbocycles. The number of aromatic amines is 1. The Balaban J connectivity index is 2.18. The largest absolute Gasteiger partial charge is 0.339 e. The van der Waals surface area contributed by atoms with Crippen molar-refractivity contribution in [3.8, 4) is 0 Å². The van der Waals surface area contributed by atoms with Gasteiger partial charge in [-0.3, -0.25) is 9.36 Å². The van der Waals surface area contributed by atoms with Crippen molar-refractivity contribution in [2.24, 2.45) is 0 Å². The molecule has 0 radical (unpaired) electrons. The zero-order valence-electron chi connectivity index (χ0n) is 8.31. The van der Waals surface area contributed by atoms with E-state index in [0.717, 1.165) is 12.8 Å². The van der Waals surface area contributed by atoms with Crippen LogP contribution in [0.4, 0.5) is 0 Å². The second-order valence-electron chi connectivity index (χ2n) is 4.00. The third kappa shape index (κ3) is 1.26. The number of imidazole rings is 1. The van der Waals surface area contributed by atoms with Crippen LogP contribution in [0.15, 0.2) is 17.4 Å². The lowest BCUT2D eigenvalue weighted by Crippen LogP contribution is -2.23.